The van der Waals surface area contributed by atoms with Gasteiger partial charge in [0.25, 0.3) is 0 Å². The molecule has 4 heteroatoms. The first-order valence-corrected chi connectivity index (χ1v) is 8.11. The fourth-order valence-corrected chi connectivity index (χ4v) is 2.62. The Hall–Kier alpha value is -2.88. The lowest BCUT2D eigenvalue weighted by molar-refractivity contribution is -0.116. The number of nitrogens with zero attached hydrogens (tertiary/aromatic N) is 1. The van der Waals surface area contributed by atoms with E-state index in [0.717, 1.165) is 27.9 Å². The van der Waals surface area contributed by atoms with Crippen molar-refractivity contribution in [3.8, 4) is 5.75 Å². The predicted molar refractivity (Wildman–Crippen MR) is 96.3 cm³/mol. The Labute approximate surface area is 141 Å². The van der Waals surface area contributed by atoms with Gasteiger partial charge in [-0.2, -0.15) is 0 Å². The van der Waals surface area contributed by atoms with E-state index < -0.39 is 0 Å². The van der Waals surface area contributed by atoms with Gasteiger partial charge in [0.1, 0.15) is 5.75 Å². The van der Waals surface area contributed by atoms with E-state index in [-0.39, 0.29) is 5.91 Å². The van der Waals surface area contributed by atoms with Gasteiger partial charge in [0.05, 0.1) is 24.0 Å². The highest BCUT2D eigenvalue weighted by molar-refractivity contribution is 5.93. The van der Waals surface area contributed by atoms with Crippen molar-refractivity contribution in [1.82, 2.24) is 4.98 Å². The first-order valence-electron chi connectivity index (χ1n) is 8.11. The normalized spacial score (nSPS) is 10.5. The molecular weight excluding hydrogens is 300 g/mol. The maximum Gasteiger partial charge on any atom is 0.224 e. The van der Waals surface area contributed by atoms with Crippen molar-refractivity contribution < 1.29 is 9.53 Å². The van der Waals surface area contributed by atoms with Crippen LogP contribution in [0.3, 0.4) is 0 Å². The van der Waals surface area contributed by atoms with Crippen LogP contribution in [-0.4, -0.2) is 17.5 Å². The highest BCUT2D eigenvalue weighted by atomic mass is 16.5. The summed E-state index contributed by atoms with van der Waals surface area (Å²) in [4.78, 5) is 16.6. The summed E-state index contributed by atoms with van der Waals surface area (Å²) in [6.07, 6.45) is 2.73. The predicted octanol–water partition coefficient (Wildman–Crippen LogP) is 4.20. The maximum absolute atomic E-state index is 12.2. The summed E-state index contributed by atoms with van der Waals surface area (Å²) in [5, 5.41) is 3.92. The Kier molecular flexibility index (Phi) is 5.06. The fraction of sp³-hybridized carbons (Fsp3) is 0.200. The number of fused-ring (bicyclic) bond motifs is 1. The number of pyridine rings is 1. The van der Waals surface area contributed by atoms with Crippen LogP contribution < -0.4 is 10.1 Å². The molecule has 0 atom stereocenters. The van der Waals surface area contributed by atoms with Crippen molar-refractivity contribution in [3.63, 3.8) is 0 Å². The Bertz CT molecular complexity index is 846. The molecule has 0 unspecified atom stereocenters. The third-order valence-corrected chi connectivity index (χ3v) is 3.77. The van der Waals surface area contributed by atoms with E-state index in [2.05, 4.69) is 10.3 Å². The van der Waals surface area contributed by atoms with Gasteiger partial charge in [0.2, 0.25) is 5.91 Å². The number of hydrogen-bond donors (Lipinski definition) is 1. The second-order valence-corrected chi connectivity index (χ2v) is 5.51. The average molecular weight is 320 g/mol. The van der Waals surface area contributed by atoms with Crippen molar-refractivity contribution in [2.75, 3.05) is 11.9 Å². The summed E-state index contributed by atoms with van der Waals surface area (Å²) >= 11 is 0. The molecule has 0 bridgehead atoms. The highest BCUT2D eigenvalue weighted by Crippen LogP contribution is 2.20. The van der Waals surface area contributed by atoms with E-state index in [9.17, 15) is 4.79 Å². The molecule has 0 aliphatic rings. The minimum atomic E-state index is -0.0293. The summed E-state index contributed by atoms with van der Waals surface area (Å²) in [6, 6.07) is 17.6. The van der Waals surface area contributed by atoms with E-state index >= 15 is 0 Å². The van der Waals surface area contributed by atoms with Gasteiger partial charge in [-0.15, -0.1) is 0 Å². The molecule has 1 aromatic heterocycles. The summed E-state index contributed by atoms with van der Waals surface area (Å²) in [6.45, 7) is 2.57. The Morgan fingerprint density at radius 3 is 2.79 bits per heavy atom. The van der Waals surface area contributed by atoms with E-state index in [1.807, 2.05) is 61.5 Å². The number of amides is 1. The lowest BCUT2D eigenvalue weighted by Crippen LogP contribution is -2.12. The standard InChI is InChI=1S/C20H20N2O2/c1-2-24-19-10-6-4-7-15(19)11-12-20(23)22-17-13-16-8-3-5-9-18(16)21-14-17/h3-10,13-14H,2,11-12H2,1H3,(H,22,23). The first kappa shape index (κ1) is 16.0. The van der Waals surface area contributed by atoms with Crippen LogP contribution in [0, 0.1) is 0 Å². The molecule has 1 amide bonds. The van der Waals surface area contributed by atoms with E-state index in [1.165, 1.54) is 0 Å². The molecule has 0 radical (unpaired) electrons. The summed E-state index contributed by atoms with van der Waals surface area (Å²) in [7, 11) is 0. The summed E-state index contributed by atoms with van der Waals surface area (Å²) < 4.78 is 5.59. The van der Waals surface area contributed by atoms with Crippen LogP contribution >= 0.6 is 0 Å². The van der Waals surface area contributed by atoms with Crippen molar-refractivity contribution in [3.05, 3.63) is 66.4 Å². The van der Waals surface area contributed by atoms with Crippen LogP contribution in [0.5, 0.6) is 5.75 Å². The van der Waals surface area contributed by atoms with Gasteiger partial charge >= 0.3 is 0 Å². The monoisotopic (exact) mass is 320 g/mol. The smallest absolute Gasteiger partial charge is 0.224 e. The average Bonchev–Trinajstić information content (AvgIpc) is 2.61. The fourth-order valence-electron chi connectivity index (χ4n) is 2.62. The molecule has 4 nitrogen and oxygen atoms in total. The van der Waals surface area contributed by atoms with Crippen LogP contribution in [0.25, 0.3) is 10.9 Å². The molecule has 0 saturated carbocycles. The van der Waals surface area contributed by atoms with Gasteiger partial charge in [-0.1, -0.05) is 36.4 Å². The zero-order valence-corrected chi connectivity index (χ0v) is 13.7. The SMILES string of the molecule is CCOc1ccccc1CCC(=O)Nc1cnc2ccccc2c1. The number of ether oxygens (including phenoxy) is 1. The minimum absolute atomic E-state index is 0.0293. The number of hydrogen-bond acceptors (Lipinski definition) is 3. The second kappa shape index (κ2) is 7.59. The number of rotatable bonds is 6. The van der Waals surface area contributed by atoms with Crippen molar-refractivity contribution >= 4 is 22.5 Å². The Morgan fingerprint density at radius 2 is 1.92 bits per heavy atom. The van der Waals surface area contributed by atoms with Crippen molar-refractivity contribution in [1.29, 1.82) is 0 Å². The quantitative estimate of drug-likeness (QED) is 0.740. The van der Waals surface area contributed by atoms with Gasteiger partial charge in [-0.25, -0.2) is 0 Å². The van der Waals surface area contributed by atoms with Crippen LogP contribution in [-0.2, 0) is 11.2 Å². The Balaban J connectivity index is 1.63. The number of nitrogens with one attached hydrogen (secondary N) is 1. The van der Waals surface area contributed by atoms with Crippen LogP contribution in [0.2, 0.25) is 0 Å². The topological polar surface area (TPSA) is 51.2 Å². The molecule has 1 heterocycles. The van der Waals surface area contributed by atoms with E-state index in [1.54, 1.807) is 6.20 Å². The maximum atomic E-state index is 12.2. The number of benzene rings is 2. The number of aryl methyl sites for hydroxylation is 1. The molecule has 0 spiro atoms. The highest BCUT2D eigenvalue weighted by Gasteiger charge is 2.07. The van der Waals surface area contributed by atoms with Crippen molar-refractivity contribution in [2.45, 2.75) is 19.8 Å². The molecule has 0 aliphatic carbocycles. The van der Waals surface area contributed by atoms with Crippen LogP contribution in [0.1, 0.15) is 18.9 Å². The molecular formula is C20H20N2O2. The number of aromatic nitrogens is 1. The van der Waals surface area contributed by atoms with Crippen LogP contribution in [0.4, 0.5) is 5.69 Å². The number of carbonyl (C=O) groups is 1. The third kappa shape index (κ3) is 3.90. The van der Waals surface area contributed by atoms with E-state index in [4.69, 9.17) is 4.74 Å². The lowest BCUT2D eigenvalue weighted by atomic mass is 10.1. The zero-order chi connectivity index (χ0) is 16.8. The number of carbonyl (C=O) groups excluding carboxylic acids is 1. The van der Waals surface area contributed by atoms with Gasteiger partial charge in [-0.05, 0) is 37.1 Å². The third-order valence-electron chi connectivity index (χ3n) is 3.77. The largest absolute Gasteiger partial charge is 0.494 e. The van der Waals surface area contributed by atoms with Crippen molar-refractivity contribution in [2.24, 2.45) is 0 Å². The molecule has 3 rings (SSSR count). The van der Waals surface area contributed by atoms with Gasteiger partial charge < -0.3 is 10.1 Å². The lowest BCUT2D eigenvalue weighted by Gasteiger charge is -2.10. The molecule has 0 fully saturated rings. The van der Waals surface area contributed by atoms with Gasteiger partial charge in [0.15, 0.2) is 0 Å². The number of para-hydroxylation sites is 2. The molecule has 0 saturated heterocycles. The summed E-state index contributed by atoms with van der Waals surface area (Å²) in [5.41, 5.74) is 2.68. The molecule has 1 N–H and O–H groups in total. The Morgan fingerprint density at radius 1 is 1.12 bits per heavy atom. The van der Waals surface area contributed by atoms with Gasteiger partial charge in [-0.3, -0.25) is 9.78 Å². The van der Waals surface area contributed by atoms with E-state index in [0.29, 0.717) is 19.4 Å². The second-order valence-electron chi connectivity index (χ2n) is 5.51. The molecule has 0 aliphatic heterocycles. The van der Waals surface area contributed by atoms with Gasteiger partial charge in [0, 0.05) is 11.8 Å². The molecule has 122 valence electrons. The molecule has 2 aromatic carbocycles. The molecule has 3 aromatic rings. The number of anilines is 1. The van der Waals surface area contributed by atoms with Crippen LogP contribution in [0.15, 0.2) is 60.8 Å². The zero-order valence-electron chi connectivity index (χ0n) is 13.7. The first-order chi connectivity index (χ1) is 11.8. The minimum Gasteiger partial charge on any atom is -0.494 e. The molecule has 24 heavy (non-hydrogen) atoms. The summed E-state index contributed by atoms with van der Waals surface area (Å²) in [5.74, 6) is 0.818.